The second kappa shape index (κ2) is 7.84. The first-order valence-electron chi connectivity index (χ1n) is 9.17. The van der Waals surface area contributed by atoms with E-state index in [1.807, 2.05) is 24.3 Å². The highest BCUT2D eigenvalue weighted by Crippen LogP contribution is 2.31. The lowest BCUT2D eigenvalue weighted by molar-refractivity contribution is 0.0915. The second-order valence-electron chi connectivity index (χ2n) is 7.10. The van der Waals surface area contributed by atoms with E-state index in [1.54, 1.807) is 12.1 Å². The van der Waals surface area contributed by atoms with Gasteiger partial charge < -0.3 is 19.4 Å². The molecular weight excluding hydrogens is 396 g/mol. The van der Waals surface area contributed by atoms with E-state index in [0.717, 1.165) is 22.8 Å². The first-order chi connectivity index (χ1) is 12.7. The van der Waals surface area contributed by atoms with Gasteiger partial charge in [-0.3, -0.25) is 4.79 Å². The predicted molar refractivity (Wildman–Crippen MR) is 102 cm³/mol. The van der Waals surface area contributed by atoms with Crippen LogP contribution in [0.3, 0.4) is 0 Å². The third-order valence-corrected chi connectivity index (χ3v) is 5.49. The van der Waals surface area contributed by atoms with Crippen LogP contribution in [-0.2, 0) is 6.61 Å². The van der Waals surface area contributed by atoms with Crippen LogP contribution >= 0.6 is 15.9 Å². The third kappa shape index (κ3) is 4.48. The van der Waals surface area contributed by atoms with E-state index in [4.69, 9.17) is 9.15 Å². The molecule has 6 heteroatoms. The van der Waals surface area contributed by atoms with E-state index in [0.29, 0.717) is 30.6 Å². The van der Waals surface area contributed by atoms with Gasteiger partial charge in [-0.05, 0) is 62.1 Å². The molecule has 2 heterocycles. The van der Waals surface area contributed by atoms with Gasteiger partial charge in [0.1, 0.15) is 18.1 Å². The topological polar surface area (TPSA) is 54.7 Å². The van der Waals surface area contributed by atoms with E-state index in [1.165, 1.54) is 25.8 Å². The summed E-state index contributed by atoms with van der Waals surface area (Å²) in [7, 11) is 0. The maximum atomic E-state index is 12.3. The zero-order chi connectivity index (χ0) is 17.9. The zero-order valence-corrected chi connectivity index (χ0v) is 16.2. The van der Waals surface area contributed by atoms with Crippen molar-refractivity contribution in [3.8, 4) is 5.75 Å². The Hall–Kier alpha value is -1.79. The van der Waals surface area contributed by atoms with Crippen molar-refractivity contribution in [2.45, 2.75) is 31.9 Å². The SMILES string of the molecule is O=C(NCC1CCN(C2CC2)C1)c1ccc(COc2cccc(Br)c2)o1. The van der Waals surface area contributed by atoms with Crippen molar-refractivity contribution in [3.05, 3.63) is 52.4 Å². The molecular formula is C20H23BrN2O3. The van der Waals surface area contributed by atoms with Crippen LogP contribution in [0.15, 0.2) is 45.3 Å². The lowest BCUT2D eigenvalue weighted by Gasteiger charge is -2.14. The number of likely N-dealkylation sites (tertiary alicyclic amines) is 1. The molecule has 2 aromatic rings. The van der Waals surface area contributed by atoms with Crippen LogP contribution in [0.2, 0.25) is 0 Å². The molecule has 1 saturated carbocycles. The van der Waals surface area contributed by atoms with Crippen molar-refractivity contribution in [1.29, 1.82) is 0 Å². The van der Waals surface area contributed by atoms with Gasteiger partial charge in [0.15, 0.2) is 5.76 Å². The van der Waals surface area contributed by atoms with Gasteiger partial charge in [0, 0.05) is 23.6 Å². The number of carbonyl (C=O) groups excluding carboxylic acids is 1. The minimum absolute atomic E-state index is 0.149. The van der Waals surface area contributed by atoms with Crippen LogP contribution < -0.4 is 10.1 Å². The van der Waals surface area contributed by atoms with Gasteiger partial charge in [-0.1, -0.05) is 22.0 Å². The van der Waals surface area contributed by atoms with Crippen LogP contribution in [0, 0.1) is 5.92 Å². The Bertz CT molecular complexity index is 772. The van der Waals surface area contributed by atoms with Crippen molar-refractivity contribution in [2.24, 2.45) is 5.92 Å². The summed E-state index contributed by atoms with van der Waals surface area (Å²) in [6.07, 6.45) is 3.85. The lowest BCUT2D eigenvalue weighted by Crippen LogP contribution is -2.31. The van der Waals surface area contributed by atoms with E-state index >= 15 is 0 Å². The Kier molecular flexibility index (Phi) is 5.31. The summed E-state index contributed by atoms with van der Waals surface area (Å²) in [6.45, 7) is 3.28. The van der Waals surface area contributed by atoms with Crippen LogP contribution in [0.1, 0.15) is 35.6 Å². The summed E-state index contributed by atoms with van der Waals surface area (Å²) >= 11 is 3.41. The Morgan fingerprint density at radius 1 is 1.27 bits per heavy atom. The number of rotatable bonds is 7. The quantitative estimate of drug-likeness (QED) is 0.741. The van der Waals surface area contributed by atoms with Crippen molar-refractivity contribution in [3.63, 3.8) is 0 Å². The van der Waals surface area contributed by atoms with Gasteiger partial charge >= 0.3 is 0 Å². The molecule has 2 aliphatic rings. The van der Waals surface area contributed by atoms with Gasteiger partial charge in [-0.25, -0.2) is 0 Å². The molecule has 1 atom stereocenters. The highest BCUT2D eigenvalue weighted by atomic mass is 79.9. The van der Waals surface area contributed by atoms with Crippen molar-refractivity contribution < 1.29 is 13.9 Å². The van der Waals surface area contributed by atoms with E-state index in [9.17, 15) is 4.79 Å². The minimum Gasteiger partial charge on any atom is -0.486 e. The molecule has 138 valence electrons. The number of nitrogens with one attached hydrogen (secondary N) is 1. The maximum Gasteiger partial charge on any atom is 0.287 e. The van der Waals surface area contributed by atoms with Gasteiger partial charge in [0.05, 0.1) is 0 Å². The Balaban J connectivity index is 1.23. The number of halogens is 1. The molecule has 1 saturated heterocycles. The Morgan fingerprint density at radius 2 is 2.15 bits per heavy atom. The summed E-state index contributed by atoms with van der Waals surface area (Å²) in [6, 6.07) is 11.9. The van der Waals surface area contributed by atoms with Crippen molar-refractivity contribution in [1.82, 2.24) is 10.2 Å². The molecule has 0 bridgehead atoms. The maximum absolute atomic E-state index is 12.3. The molecule has 1 aliphatic heterocycles. The van der Waals surface area contributed by atoms with Gasteiger partial charge in [0.25, 0.3) is 5.91 Å². The van der Waals surface area contributed by atoms with Crippen molar-refractivity contribution >= 4 is 21.8 Å². The van der Waals surface area contributed by atoms with Crippen LogP contribution in [-0.4, -0.2) is 36.5 Å². The van der Waals surface area contributed by atoms with Gasteiger partial charge in [0.2, 0.25) is 0 Å². The number of amides is 1. The number of nitrogens with zero attached hydrogens (tertiary/aromatic N) is 1. The first kappa shape index (κ1) is 17.6. The number of carbonyl (C=O) groups is 1. The summed E-state index contributed by atoms with van der Waals surface area (Å²) in [5.41, 5.74) is 0. The monoisotopic (exact) mass is 418 g/mol. The normalized spacial score (nSPS) is 20.3. The summed E-state index contributed by atoms with van der Waals surface area (Å²) in [5, 5.41) is 3.01. The number of furan rings is 1. The summed E-state index contributed by atoms with van der Waals surface area (Å²) in [4.78, 5) is 14.9. The average molecular weight is 419 g/mol. The molecule has 5 nitrogen and oxygen atoms in total. The van der Waals surface area contributed by atoms with E-state index in [2.05, 4.69) is 26.1 Å². The first-order valence-corrected chi connectivity index (χ1v) is 9.96. The fourth-order valence-electron chi connectivity index (χ4n) is 3.41. The Labute approximate surface area is 161 Å². The zero-order valence-electron chi connectivity index (χ0n) is 14.6. The molecule has 0 spiro atoms. The Morgan fingerprint density at radius 3 is 2.96 bits per heavy atom. The van der Waals surface area contributed by atoms with E-state index in [-0.39, 0.29) is 5.91 Å². The van der Waals surface area contributed by atoms with Crippen molar-refractivity contribution in [2.75, 3.05) is 19.6 Å². The largest absolute Gasteiger partial charge is 0.486 e. The summed E-state index contributed by atoms with van der Waals surface area (Å²) in [5.74, 6) is 2.13. The molecule has 1 aromatic carbocycles. The minimum atomic E-state index is -0.149. The molecule has 0 radical (unpaired) electrons. The fourth-order valence-corrected chi connectivity index (χ4v) is 3.79. The number of hydrogen-bond donors (Lipinski definition) is 1. The highest BCUT2D eigenvalue weighted by Gasteiger charge is 2.34. The molecule has 1 amide bonds. The standard InChI is InChI=1S/C20H23BrN2O3/c21-15-2-1-3-17(10-15)25-13-18-6-7-19(26-18)20(24)22-11-14-8-9-23(12-14)16-4-5-16/h1-3,6-7,10,14,16H,4-5,8-9,11-13H2,(H,22,24). The second-order valence-corrected chi connectivity index (χ2v) is 8.02. The number of ether oxygens (including phenoxy) is 1. The number of hydrogen-bond acceptors (Lipinski definition) is 4. The number of benzene rings is 1. The van der Waals surface area contributed by atoms with E-state index < -0.39 is 0 Å². The molecule has 1 N–H and O–H groups in total. The molecule has 26 heavy (non-hydrogen) atoms. The summed E-state index contributed by atoms with van der Waals surface area (Å²) < 4.78 is 12.3. The third-order valence-electron chi connectivity index (χ3n) is 4.99. The van der Waals surface area contributed by atoms with Gasteiger partial charge in [-0.15, -0.1) is 0 Å². The average Bonchev–Trinajstić information content (AvgIpc) is 3.19. The van der Waals surface area contributed by atoms with Crippen LogP contribution in [0.5, 0.6) is 5.75 Å². The smallest absolute Gasteiger partial charge is 0.287 e. The molecule has 1 aliphatic carbocycles. The van der Waals surface area contributed by atoms with Crippen LogP contribution in [0.25, 0.3) is 0 Å². The van der Waals surface area contributed by atoms with Gasteiger partial charge in [-0.2, -0.15) is 0 Å². The molecule has 1 unspecified atom stereocenters. The fraction of sp³-hybridized carbons (Fsp3) is 0.450. The highest BCUT2D eigenvalue weighted by molar-refractivity contribution is 9.10. The molecule has 1 aromatic heterocycles. The molecule has 2 fully saturated rings. The molecule has 4 rings (SSSR count). The van der Waals surface area contributed by atoms with Crippen LogP contribution in [0.4, 0.5) is 0 Å². The predicted octanol–water partition coefficient (Wildman–Crippen LogP) is 3.84. The lowest BCUT2D eigenvalue weighted by atomic mass is 10.1.